The van der Waals surface area contributed by atoms with E-state index in [-0.39, 0.29) is 5.75 Å². The smallest absolute Gasteiger partial charge is 0.150 e. The van der Waals surface area contributed by atoms with E-state index in [1.807, 2.05) is 30.3 Å². The molecule has 2 nitrogen and oxygen atoms in total. The van der Waals surface area contributed by atoms with Gasteiger partial charge in [-0.3, -0.25) is 4.79 Å². The lowest BCUT2D eigenvalue weighted by molar-refractivity contribution is 0.112. The summed E-state index contributed by atoms with van der Waals surface area (Å²) in [6.07, 6.45) is 1.47. The van der Waals surface area contributed by atoms with E-state index >= 15 is 0 Å². The van der Waals surface area contributed by atoms with E-state index in [2.05, 4.69) is 0 Å². The van der Waals surface area contributed by atoms with Gasteiger partial charge in [0, 0.05) is 5.56 Å². The minimum absolute atomic E-state index is 0.191. The summed E-state index contributed by atoms with van der Waals surface area (Å²) in [5, 5.41) is 9.40. The lowest BCUT2D eigenvalue weighted by Gasteiger charge is -2.05. The molecule has 80 valence electrons. The third-order valence-electron chi connectivity index (χ3n) is 2.49. The minimum atomic E-state index is 0.191. The van der Waals surface area contributed by atoms with Gasteiger partial charge in [-0.05, 0) is 35.7 Å². The highest BCUT2D eigenvalue weighted by atomic mass is 16.3. The van der Waals surface area contributed by atoms with E-state index in [1.54, 1.807) is 12.1 Å². The molecular weight excluding hydrogens is 200 g/mol. The standard InChI is InChI=1S/C14H12O2/c15-10-12-6-7-14(16)9-13(12)8-11-4-2-1-3-5-11/h1-7,9-10,16H,8H2. The number of aldehydes is 1. The molecule has 0 radical (unpaired) electrons. The largest absolute Gasteiger partial charge is 0.508 e. The number of phenols is 1. The number of benzene rings is 2. The maximum absolute atomic E-state index is 10.8. The van der Waals surface area contributed by atoms with Gasteiger partial charge >= 0.3 is 0 Å². The molecule has 0 aliphatic carbocycles. The van der Waals surface area contributed by atoms with Crippen molar-refractivity contribution in [2.24, 2.45) is 0 Å². The zero-order valence-corrected chi connectivity index (χ0v) is 8.76. The van der Waals surface area contributed by atoms with E-state index in [4.69, 9.17) is 0 Å². The summed E-state index contributed by atoms with van der Waals surface area (Å²) in [5.74, 6) is 0.191. The van der Waals surface area contributed by atoms with Crippen molar-refractivity contribution in [3.63, 3.8) is 0 Å². The molecule has 0 aliphatic rings. The van der Waals surface area contributed by atoms with E-state index in [9.17, 15) is 9.90 Å². The molecule has 2 heteroatoms. The Bertz CT molecular complexity index is 489. The molecule has 0 heterocycles. The van der Waals surface area contributed by atoms with Gasteiger partial charge in [0.05, 0.1) is 0 Å². The molecule has 16 heavy (non-hydrogen) atoms. The first-order valence-electron chi connectivity index (χ1n) is 5.10. The highest BCUT2D eigenvalue weighted by Gasteiger charge is 2.03. The predicted molar refractivity (Wildman–Crippen MR) is 62.7 cm³/mol. The molecule has 2 rings (SSSR count). The molecule has 0 saturated carbocycles. The number of hydrogen-bond donors (Lipinski definition) is 1. The molecule has 1 N–H and O–H groups in total. The number of hydrogen-bond acceptors (Lipinski definition) is 2. The molecule has 0 spiro atoms. The highest BCUT2D eigenvalue weighted by Crippen LogP contribution is 2.18. The van der Waals surface area contributed by atoms with Crippen molar-refractivity contribution in [2.45, 2.75) is 6.42 Å². The molecule has 0 saturated heterocycles. The maximum Gasteiger partial charge on any atom is 0.150 e. The van der Waals surface area contributed by atoms with Gasteiger partial charge in [0.15, 0.2) is 0 Å². The Balaban J connectivity index is 2.33. The van der Waals surface area contributed by atoms with E-state index < -0.39 is 0 Å². The van der Waals surface area contributed by atoms with Crippen molar-refractivity contribution in [2.75, 3.05) is 0 Å². The molecule has 0 aliphatic heterocycles. The van der Waals surface area contributed by atoms with Crippen LogP contribution < -0.4 is 0 Å². The van der Waals surface area contributed by atoms with Crippen LogP contribution in [0.15, 0.2) is 48.5 Å². The molecule has 0 aromatic heterocycles. The Hall–Kier alpha value is -2.09. The lowest BCUT2D eigenvalue weighted by atomic mass is 10.0. The van der Waals surface area contributed by atoms with Gasteiger partial charge in [-0.25, -0.2) is 0 Å². The number of carbonyl (C=O) groups is 1. The van der Waals surface area contributed by atoms with Crippen LogP contribution in [0.4, 0.5) is 0 Å². The summed E-state index contributed by atoms with van der Waals surface area (Å²) in [4.78, 5) is 10.8. The number of aromatic hydroxyl groups is 1. The quantitative estimate of drug-likeness (QED) is 0.794. The monoisotopic (exact) mass is 212 g/mol. The van der Waals surface area contributed by atoms with Crippen LogP contribution in [0.2, 0.25) is 0 Å². The average molecular weight is 212 g/mol. The Morgan fingerprint density at radius 1 is 1.06 bits per heavy atom. The van der Waals surface area contributed by atoms with Crippen LogP contribution in [0.1, 0.15) is 21.5 Å². The molecule has 0 bridgehead atoms. The van der Waals surface area contributed by atoms with E-state index in [1.165, 1.54) is 6.07 Å². The first-order chi connectivity index (χ1) is 7.79. The lowest BCUT2D eigenvalue weighted by Crippen LogP contribution is -1.94. The fourth-order valence-corrected chi connectivity index (χ4v) is 1.68. The van der Waals surface area contributed by atoms with Crippen molar-refractivity contribution in [3.8, 4) is 5.75 Å². The average Bonchev–Trinajstić information content (AvgIpc) is 2.31. The van der Waals surface area contributed by atoms with Crippen molar-refractivity contribution in [1.82, 2.24) is 0 Å². The second kappa shape index (κ2) is 4.62. The fraction of sp³-hybridized carbons (Fsp3) is 0.0714. The van der Waals surface area contributed by atoms with Crippen LogP contribution in [-0.2, 0) is 6.42 Å². The van der Waals surface area contributed by atoms with Crippen molar-refractivity contribution in [1.29, 1.82) is 0 Å². The van der Waals surface area contributed by atoms with Crippen molar-refractivity contribution >= 4 is 6.29 Å². The third-order valence-corrected chi connectivity index (χ3v) is 2.49. The zero-order valence-electron chi connectivity index (χ0n) is 8.76. The van der Waals surface area contributed by atoms with Crippen LogP contribution in [-0.4, -0.2) is 11.4 Å². The number of phenolic OH excluding ortho intramolecular Hbond substituents is 1. The van der Waals surface area contributed by atoms with Gasteiger partial charge < -0.3 is 5.11 Å². The first-order valence-corrected chi connectivity index (χ1v) is 5.10. The SMILES string of the molecule is O=Cc1ccc(O)cc1Cc1ccccc1. The van der Waals surface area contributed by atoms with Crippen molar-refractivity contribution < 1.29 is 9.90 Å². The van der Waals surface area contributed by atoms with Gasteiger partial charge in [-0.2, -0.15) is 0 Å². The van der Waals surface area contributed by atoms with Crippen LogP contribution in [0.3, 0.4) is 0 Å². The Labute approximate surface area is 94.2 Å². The summed E-state index contributed by atoms with van der Waals surface area (Å²) in [5.41, 5.74) is 2.60. The minimum Gasteiger partial charge on any atom is -0.508 e. The highest BCUT2D eigenvalue weighted by molar-refractivity contribution is 5.77. The van der Waals surface area contributed by atoms with Gasteiger partial charge in [-0.1, -0.05) is 30.3 Å². The van der Waals surface area contributed by atoms with E-state index in [0.717, 1.165) is 17.4 Å². The Morgan fingerprint density at radius 3 is 2.50 bits per heavy atom. The van der Waals surface area contributed by atoms with Crippen LogP contribution in [0.5, 0.6) is 5.75 Å². The molecule has 0 fully saturated rings. The molecule has 0 amide bonds. The van der Waals surface area contributed by atoms with Gasteiger partial charge in [0.1, 0.15) is 12.0 Å². The molecular formula is C14H12O2. The Morgan fingerprint density at radius 2 is 1.81 bits per heavy atom. The molecule has 2 aromatic carbocycles. The van der Waals surface area contributed by atoms with Crippen LogP contribution in [0.25, 0.3) is 0 Å². The second-order valence-corrected chi connectivity index (χ2v) is 3.66. The molecule has 2 aromatic rings. The summed E-state index contributed by atoms with van der Waals surface area (Å²) in [6.45, 7) is 0. The normalized spacial score (nSPS) is 10.0. The summed E-state index contributed by atoms with van der Waals surface area (Å²) >= 11 is 0. The summed E-state index contributed by atoms with van der Waals surface area (Å²) in [7, 11) is 0. The maximum atomic E-state index is 10.8. The molecule has 0 unspecified atom stereocenters. The van der Waals surface area contributed by atoms with Crippen LogP contribution in [0, 0.1) is 0 Å². The first kappa shape index (κ1) is 10.4. The number of carbonyl (C=O) groups excluding carboxylic acids is 1. The van der Waals surface area contributed by atoms with Gasteiger partial charge in [-0.15, -0.1) is 0 Å². The predicted octanol–water partition coefficient (Wildman–Crippen LogP) is 2.80. The van der Waals surface area contributed by atoms with Crippen molar-refractivity contribution in [3.05, 3.63) is 65.2 Å². The topological polar surface area (TPSA) is 37.3 Å². The molecule has 0 atom stereocenters. The third kappa shape index (κ3) is 2.28. The number of rotatable bonds is 3. The summed E-state index contributed by atoms with van der Waals surface area (Å²) < 4.78 is 0. The van der Waals surface area contributed by atoms with E-state index in [0.29, 0.717) is 12.0 Å². The zero-order chi connectivity index (χ0) is 11.4. The van der Waals surface area contributed by atoms with Gasteiger partial charge in [0.25, 0.3) is 0 Å². The van der Waals surface area contributed by atoms with Crippen LogP contribution >= 0.6 is 0 Å². The summed E-state index contributed by atoms with van der Waals surface area (Å²) in [6, 6.07) is 14.7. The second-order valence-electron chi connectivity index (χ2n) is 3.66. The van der Waals surface area contributed by atoms with Gasteiger partial charge in [0.2, 0.25) is 0 Å². The Kier molecular flexibility index (Phi) is 3.01. The fourth-order valence-electron chi connectivity index (χ4n) is 1.68.